The third kappa shape index (κ3) is 5.90. The number of likely N-dealkylation sites (N-methyl/N-ethyl adjacent to an activating group) is 1. The van der Waals surface area contributed by atoms with Gasteiger partial charge in [0.05, 0.1) is 23.1 Å². The zero-order chi connectivity index (χ0) is 25.8. The number of hydrogen-bond donors (Lipinski definition) is 2. The maximum atomic E-state index is 12.2. The lowest BCUT2D eigenvalue weighted by Gasteiger charge is -2.33. The summed E-state index contributed by atoms with van der Waals surface area (Å²) in [5, 5.41) is 7.06. The summed E-state index contributed by atoms with van der Waals surface area (Å²) in [6.07, 6.45) is 6.85. The van der Waals surface area contributed by atoms with Crippen molar-refractivity contribution in [2.45, 2.75) is 13.8 Å². The number of piperazine rings is 1. The Hall–Kier alpha value is -4.37. The molecule has 5 rings (SSSR count). The fourth-order valence-corrected chi connectivity index (χ4v) is 4.23. The van der Waals surface area contributed by atoms with Gasteiger partial charge in [-0.2, -0.15) is 0 Å². The van der Waals surface area contributed by atoms with Crippen LogP contribution < -0.4 is 15.5 Å². The third-order valence-corrected chi connectivity index (χ3v) is 6.17. The lowest BCUT2D eigenvalue weighted by atomic mass is 10.1. The number of nitrogens with zero attached hydrogens (tertiary/aromatic N) is 6. The number of para-hydroxylation sites is 1. The molecular formula is C28H30N8O. The molecular weight excluding hydrogens is 464 g/mol. The molecule has 1 aliphatic heterocycles. The second-order valence-electron chi connectivity index (χ2n) is 9.40. The van der Waals surface area contributed by atoms with E-state index in [2.05, 4.69) is 42.4 Å². The van der Waals surface area contributed by atoms with Crippen molar-refractivity contribution in [1.82, 2.24) is 24.8 Å². The highest BCUT2D eigenvalue weighted by Crippen LogP contribution is 2.28. The Bertz CT molecular complexity index is 1440. The summed E-state index contributed by atoms with van der Waals surface area (Å²) in [5.74, 6) is 1.28. The highest BCUT2D eigenvalue weighted by Gasteiger charge is 2.15. The summed E-state index contributed by atoms with van der Waals surface area (Å²) in [5.41, 5.74) is 4.75. The van der Waals surface area contributed by atoms with Crippen molar-refractivity contribution < 1.29 is 4.79 Å². The van der Waals surface area contributed by atoms with E-state index in [1.165, 1.54) is 0 Å². The van der Waals surface area contributed by atoms with Crippen molar-refractivity contribution in [1.29, 1.82) is 0 Å². The van der Waals surface area contributed by atoms with Gasteiger partial charge in [0.25, 0.3) is 0 Å². The molecule has 1 aromatic carbocycles. The molecule has 37 heavy (non-hydrogen) atoms. The normalized spacial score (nSPS) is 13.9. The Morgan fingerprint density at radius 1 is 0.946 bits per heavy atom. The fourth-order valence-electron chi connectivity index (χ4n) is 4.23. The van der Waals surface area contributed by atoms with Gasteiger partial charge in [0.15, 0.2) is 0 Å². The molecule has 3 aromatic heterocycles. The number of anilines is 4. The highest BCUT2D eigenvalue weighted by atomic mass is 16.1. The largest absolute Gasteiger partial charge is 0.354 e. The van der Waals surface area contributed by atoms with Crippen molar-refractivity contribution in [3.63, 3.8) is 0 Å². The number of pyridine rings is 2. The van der Waals surface area contributed by atoms with Gasteiger partial charge in [0, 0.05) is 61.3 Å². The average Bonchev–Trinajstić information content (AvgIpc) is 2.89. The Morgan fingerprint density at radius 2 is 1.78 bits per heavy atom. The average molecular weight is 495 g/mol. The zero-order valence-corrected chi connectivity index (χ0v) is 21.3. The van der Waals surface area contributed by atoms with Crippen molar-refractivity contribution in [3.05, 3.63) is 72.7 Å². The Morgan fingerprint density at radius 3 is 2.54 bits per heavy atom. The fraction of sp³-hybridized carbons (Fsp3) is 0.250. The van der Waals surface area contributed by atoms with Gasteiger partial charge in [-0.05, 0) is 45.2 Å². The molecule has 1 fully saturated rings. The van der Waals surface area contributed by atoms with E-state index in [0.717, 1.165) is 59.7 Å². The second kappa shape index (κ2) is 10.7. The van der Waals surface area contributed by atoms with Crippen molar-refractivity contribution in [2.75, 3.05) is 48.8 Å². The van der Waals surface area contributed by atoms with Crippen molar-refractivity contribution in [2.24, 2.45) is 0 Å². The van der Waals surface area contributed by atoms with Crippen LogP contribution in [0, 0.1) is 0 Å². The van der Waals surface area contributed by atoms with Crippen molar-refractivity contribution in [3.8, 4) is 11.3 Å². The molecule has 0 atom stereocenters. The van der Waals surface area contributed by atoms with E-state index in [1.807, 2.05) is 56.4 Å². The van der Waals surface area contributed by atoms with Crippen LogP contribution in [0.3, 0.4) is 0 Å². The Kier molecular flexibility index (Phi) is 7.04. The topological polar surface area (TPSA) is 99.2 Å². The van der Waals surface area contributed by atoms with E-state index < -0.39 is 0 Å². The van der Waals surface area contributed by atoms with Gasteiger partial charge in [0.1, 0.15) is 5.82 Å². The van der Waals surface area contributed by atoms with Gasteiger partial charge >= 0.3 is 0 Å². The molecule has 2 N–H and O–H groups in total. The number of hydrogen-bond acceptors (Lipinski definition) is 8. The minimum absolute atomic E-state index is 0.170. The lowest BCUT2D eigenvalue weighted by Crippen LogP contribution is -2.44. The zero-order valence-electron chi connectivity index (χ0n) is 21.3. The van der Waals surface area contributed by atoms with E-state index in [1.54, 1.807) is 24.5 Å². The van der Waals surface area contributed by atoms with Crippen LogP contribution in [-0.4, -0.2) is 64.0 Å². The SMILES string of the molecule is CC(C)=CC(=O)Nc1ccnc(-c2cccc3cnc(Nc4ccc(N5CCN(C)CC5)nc4)nc23)c1. The van der Waals surface area contributed by atoms with Crippen LogP contribution in [0.25, 0.3) is 22.2 Å². The molecule has 0 bridgehead atoms. The number of benzene rings is 1. The van der Waals surface area contributed by atoms with Gasteiger partial charge in [-0.15, -0.1) is 0 Å². The molecule has 0 aliphatic carbocycles. The van der Waals surface area contributed by atoms with Crippen LogP contribution in [-0.2, 0) is 4.79 Å². The maximum absolute atomic E-state index is 12.2. The first-order valence-electron chi connectivity index (χ1n) is 12.3. The molecule has 188 valence electrons. The summed E-state index contributed by atoms with van der Waals surface area (Å²) in [4.78, 5) is 35.3. The van der Waals surface area contributed by atoms with Crippen LogP contribution in [0.4, 0.5) is 23.1 Å². The minimum atomic E-state index is -0.170. The van der Waals surface area contributed by atoms with Crippen molar-refractivity contribution >= 4 is 40.0 Å². The molecule has 4 aromatic rings. The summed E-state index contributed by atoms with van der Waals surface area (Å²) in [6, 6.07) is 13.5. The molecule has 0 radical (unpaired) electrons. The highest BCUT2D eigenvalue weighted by molar-refractivity contribution is 6.00. The summed E-state index contributed by atoms with van der Waals surface area (Å²) in [7, 11) is 2.14. The van der Waals surface area contributed by atoms with Crippen LogP contribution in [0.2, 0.25) is 0 Å². The van der Waals surface area contributed by atoms with Gasteiger partial charge in [0.2, 0.25) is 11.9 Å². The number of aromatic nitrogens is 4. The Labute approximate surface area is 216 Å². The summed E-state index contributed by atoms with van der Waals surface area (Å²) < 4.78 is 0. The van der Waals surface area contributed by atoms with E-state index in [4.69, 9.17) is 4.98 Å². The molecule has 9 heteroatoms. The maximum Gasteiger partial charge on any atom is 0.248 e. The number of nitrogens with one attached hydrogen (secondary N) is 2. The molecule has 1 aliphatic rings. The van der Waals surface area contributed by atoms with Crippen LogP contribution in [0.15, 0.2) is 72.7 Å². The predicted octanol–water partition coefficient (Wildman–Crippen LogP) is 4.49. The first-order chi connectivity index (χ1) is 17.9. The molecule has 0 unspecified atom stereocenters. The number of fused-ring (bicyclic) bond motifs is 1. The quantitative estimate of drug-likeness (QED) is 0.379. The smallest absolute Gasteiger partial charge is 0.248 e. The van der Waals surface area contributed by atoms with Crippen LogP contribution >= 0.6 is 0 Å². The Balaban J connectivity index is 1.38. The van der Waals surface area contributed by atoms with Gasteiger partial charge in [-0.3, -0.25) is 9.78 Å². The number of amides is 1. The van der Waals surface area contributed by atoms with E-state index in [-0.39, 0.29) is 5.91 Å². The molecule has 0 saturated carbocycles. The van der Waals surface area contributed by atoms with E-state index in [0.29, 0.717) is 17.3 Å². The summed E-state index contributed by atoms with van der Waals surface area (Å²) >= 11 is 0. The number of carbonyl (C=O) groups is 1. The van der Waals surface area contributed by atoms with E-state index >= 15 is 0 Å². The second-order valence-corrected chi connectivity index (χ2v) is 9.40. The molecule has 4 heterocycles. The predicted molar refractivity (Wildman–Crippen MR) is 148 cm³/mol. The monoisotopic (exact) mass is 494 g/mol. The molecule has 1 saturated heterocycles. The van der Waals surface area contributed by atoms with Gasteiger partial charge < -0.3 is 20.4 Å². The standard InChI is InChI=1S/C28H30N8O/c1-19(2)15-26(37)32-21-9-10-29-24(16-21)23-6-4-5-20-17-31-28(34-27(20)23)33-22-7-8-25(30-18-22)36-13-11-35(3)12-14-36/h4-10,15-18H,11-14H2,1-3H3,(H,29,32,37)(H,31,33,34). The third-order valence-electron chi connectivity index (χ3n) is 6.17. The summed E-state index contributed by atoms with van der Waals surface area (Å²) in [6.45, 7) is 7.79. The molecule has 0 spiro atoms. The number of allylic oxidation sites excluding steroid dienone is 1. The number of carbonyl (C=O) groups excluding carboxylic acids is 1. The molecule has 1 amide bonds. The first-order valence-corrected chi connectivity index (χ1v) is 12.3. The lowest BCUT2D eigenvalue weighted by molar-refractivity contribution is -0.111. The first kappa shape index (κ1) is 24.3. The minimum Gasteiger partial charge on any atom is -0.354 e. The van der Waals surface area contributed by atoms with E-state index in [9.17, 15) is 4.79 Å². The van der Waals surface area contributed by atoms with Crippen LogP contribution in [0.5, 0.6) is 0 Å². The van der Waals surface area contributed by atoms with Gasteiger partial charge in [-0.25, -0.2) is 15.0 Å². The number of rotatable bonds is 6. The van der Waals surface area contributed by atoms with Gasteiger partial charge in [-0.1, -0.05) is 23.8 Å². The molecule has 9 nitrogen and oxygen atoms in total. The van der Waals surface area contributed by atoms with Crippen LogP contribution in [0.1, 0.15) is 13.8 Å².